The van der Waals surface area contributed by atoms with E-state index in [0.29, 0.717) is 29.8 Å². The van der Waals surface area contributed by atoms with Gasteiger partial charge in [0.15, 0.2) is 29.2 Å². The quantitative estimate of drug-likeness (QED) is 0.243. The van der Waals surface area contributed by atoms with Gasteiger partial charge in [-0.2, -0.15) is 0 Å². The number of carbonyl (C=O) groups excluding carboxylic acids is 2. The molecule has 1 saturated heterocycles. The van der Waals surface area contributed by atoms with E-state index < -0.39 is 36.0 Å². The zero-order chi connectivity index (χ0) is 26.6. The van der Waals surface area contributed by atoms with E-state index in [1.807, 2.05) is 24.3 Å². The Balaban J connectivity index is 1.29. The Hall–Kier alpha value is -3.35. The number of hydrogen-bond acceptors (Lipinski definition) is 10. The average Bonchev–Trinajstić information content (AvgIpc) is 3.39. The highest BCUT2D eigenvalue weighted by atomic mass is 79.9. The zero-order valence-electron chi connectivity index (χ0n) is 20.2. The number of nitrogens with zero attached hydrogens (tertiary/aromatic N) is 5. The maximum atomic E-state index is 12.1. The summed E-state index contributed by atoms with van der Waals surface area (Å²) in [7, 11) is 0. The Labute approximate surface area is 229 Å². The topological polar surface area (TPSA) is 128 Å². The molecule has 1 saturated carbocycles. The lowest BCUT2D eigenvalue weighted by Crippen LogP contribution is -2.58. The summed E-state index contributed by atoms with van der Waals surface area (Å²) in [5.74, 6) is -0.403. The van der Waals surface area contributed by atoms with E-state index in [9.17, 15) is 9.59 Å². The molecule has 1 spiro atoms. The van der Waals surface area contributed by atoms with E-state index in [-0.39, 0.29) is 11.3 Å². The van der Waals surface area contributed by atoms with Crippen molar-refractivity contribution in [3.63, 3.8) is 0 Å². The van der Waals surface area contributed by atoms with Gasteiger partial charge in [0, 0.05) is 48.8 Å². The van der Waals surface area contributed by atoms with Gasteiger partial charge in [0.25, 0.3) is 0 Å². The molecule has 11 nitrogen and oxygen atoms in total. The first-order chi connectivity index (χ1) is 18.2. The zero-order valence-corrected chi connectivity index (χ0v) is 22.5. The Morgan fingerprint density at radius 3 is 2.66 bits per heavy atom. The van der Waals surface area contributed by atoms with Gasteiger partial charge in [-0.25, -0.2) is 15.0 Å². The van der Waals surface area contributed by atoms with Gasteiger partial charge in [0.05, 0.1) is 11.8 Å². The monoisotopic (exact) mass is 601 g/mol. The third kappa shape index (κ3) is 4.36. The second-order valence-electron chi connectivity index (χ2n) is 9.32. The number of hydrogen-bond donors (Lipinski definition) is 0. The van der Waals surface area contributed by atoms with Crippen LogP contribution in [0.1, 0.15) is 32.9 Å². The van der Waals surface area contributed by atoms with E-state index in [1.165, 1.54) is 26.5 Å². The van der Waals surface area contributed by atoms with Gasteiger partial charge in [0.1, 0.15) is 29.3 Å². The number of carbonyl (C=O) groups is 2. The first kappa shape index (κ1) is 25.0. The summed E-state index contributed by atoms with van der Waals surface area (Å²) in [5.41, 5.74) is 0.621. The molecule has 0 bridgehead atoms. The molecular formula is C25H21BrClN5O6. The van der Waals surface area contributed by atoms with Crippen molar-refractivity contribution in [3.8, 4) is 5.75 Å². The summed E-state index contributed by atoms with van der Waals surface area (Å²) in [6.45, 7) is 2.59. The van der Waals surface area contributed by atoms with Crippen molar-refractivity contribution in [1.29, 1.82) is 0 Å². The highest BCUT2D eigenvalue weighted by Crippen LogP contribution is 2.53. The van der Waals surface area contributed by atoms with E-state index in [2.05, 4.69) is 35.9 Å². The van der Waals surface area contributed by atoms with Crippen molar-refractivity contribution in [3.05, 3.63) is 52.7 Å². The summed E-state index contributed by atoms with van der Waals surface area (Å²) in [6.07, 6.45) is 2.39. The van der Waals surface area contributed by atoms with Crippen molar-refractivity contribution in [1.82, 2.24) is 24.5 Å². The van der Waals surface area contributed by atoms with E-state index >= 15 is 0 Å². The van der Waals surface area contributed by atoms with Crippen LogP contribution in [-0.2, 0) is 23.8 Å². The van der Waals surface area contributed by atoms with Gasteiger partial charge < -0.3 is 18.9 Å². The summed E-state index contributed by atoms with van der Waals surface area (Å²) < 4.78 is 26.6. The summed E-state index contributed by atoms with van der Waals surface area (Å²) in [6, 6.07) is 7.67. The number of pyridine rings is 1. The fourth-order valence-electron chi connectivity index (χ4n) is 5.18. The Kier molecular flexibility index (Phi) is 6.20. The minimum Gasteiger partial charge on any atom is -0.490 e. The van der Waals surface area contributed by atoms with Crippen LogP contribution >= 0.6 is 27.5 Å². The van der Waals surface area contributed by atoms with E-state index in [1.54, 1.807) is 10.8 Å². The lowest BCUT2D eigenvalue weighted by molar-refractivity contribution is -0.197. The van der Waals surface area contributed by atoms with Gasteiger partial charge in [-0.1, -0.05) is 11.6 Å². The van der Waals surface area contributed by atoms with Crippen LogP contribution in [0.2, 0.25) is 5.15 Å². The fourth-order valence-corrected chi connectivity index (χ4v) is 5.70. The van der Waals surface area contributed by atoms with Gasteiger partial charge in [-0.15, -0.1) is 0 Å². The molecule has 38 heavy (non-hydrogen) atoms. The van der Waals surface area contributed by atoms with E-state index in [4.69, 9.17) is 30.5 Å². The van der Waals surface area contributed by atoms with Gasteiger partial charge in [0.2, 0.25) is 0 Å². The smallest absolute Gasteiger partial charge is 0.303 e. The van der Waals surface area contributed by atoms with Crippen molar-refractivity contribution < 1.29 is 28.5 Å². The SMILES string of the molecule is CC(=O)O[C@H]1[C@H](n2cnc3c(Cl)ncnc32)OC2(CC(Oc3ccc4cc(Br)cnc4c3)C2)[C@H]1OC(C)=O. The Morgan fingerprint density at radius 1 is 1.11 bits per heavy atom. The van der Waals surface area contributed by atoms with Crippen molar-refractivity contribution in [2.24, 2.45) is 0 Å². The number of ether oxygens (including phenoxy) is 4. The highest BCUT2D eigenvalue weighted by molar-refractivity contribution is 9.10. The molecule has 0 radical (unpaired) electrons. The molecule has 4 aromatic rings. The Morgan fingerprint density at radius 2 is 1.89 bits per heavy atom. The van der Waals surface area contributed by atoms with E-state index in [0.717, 1.165) is 15.4 Å². The molecule has 1 aliphatic carbocycles. The molecule has 0 unspecified atom stereocenters. The molecule has 3 atom stereocenters. The Bertz CT molecular complexity index is 1570. The molecule has 13 heteroatoms. The summed E-state index contributed by atoms with van der Waals surface area (Å²) in [5, 5.41) is 1.16. The minimum atomic E-state index is -0.952. The van der Waals surface area contributed by atoms with Crippen LogP contribution in [0.15, 0.2) is 47.6 Å². The number of halogens is 2. The largest absolute Gasteiger partial charge is 0.490 e. The molecule has 1 aromatic carbocycles. The van der Waals surface area contributed by atoms with Crippen LogP contribution in [0, 0.1) is 0 Å². The number of rotatable bonds is 5. The molecule has 6 rings (SSSR count). The number of fused-ring (bicyclic) bond motifs is 2. The predicted molar refractivity (Wildman–Crippen MR) is 137 cm³/mol. The number of esters is 2. The summed E-state index contributed by atoms with van der Waals surface area (Å²) in [4.78, 5) is 41.2. The molecule has 1 aliphatic heterocycles. The molecule has 3 aromatic heterocycles. The normalized spacial score (nSPS) is 26.4. The first-order valence-electron chi connectivity index (χ1n) is 11.8. The molecule has 4 heterocycles. The van der Waals surface area contributed by atoms with Crippen LogP contribution in [0.25, 0.3) is 22.1 Å². The van der Waals surface area contributed by atoms with Gasteiger partial charge >= 0.3 is 11.9 Å². The second-order valence-corrected chi connectivity index (χ2v) is 10.6. The summed E-state index contributed by atoms with van der Waals surface area (Å²) >= 11 is 9.61. The lowest BCUT2D eigenvalue weighted by atomic mass is 9.73. The second kappa shape index (κ2) is 9.44. The number of imidazole rings is 1. The fraction of sp³-hybridized carbons (Fsp3) is 0.360. The third-order valence-electron chi connectivity index (χ3n) is 6.71. The number of aromatic nitrogens is 5. The maximum Gasteiger partial charge on any atom is 0.303 e. The number of benzene rings is 1. The molecular weight excluding hydrogens is 582 g/mol. The van der Waals surface area contributed by atoms with Gasteiger partial charge in [-0.05, 0) is 34.1 Å². The van der Waals surface area contributed by atoms with Gasteiger partial charge in [-0.3, -0.25) is 19.1 Å². The predicted octanol–water partition coefficient (Wildman–Crippen LogP) is 4.16. The molecule has 2 aliphatic rings. The average molecular weight is 603 g/mol. The lowest BCUT2D eigenvalue weighted by Gasteiger charge is -2.46. The first-order valence-corrected chi connectivity index (χ1v) is 13.0. The molecule has 2 fully saturated rings. The third-order valence-corrected chi connectivity index (χ3v) is 7.42. The minimum absolute atomic E-state index is 0.177. The molecule has 196 valence electrons. The highest BCUT2D eigenvalue weighted by Gasteiger charge is 2.66. The maximum absolute atomic E-state index is 12.1. The standard InChI is InChI=1S/C25H21BrClN5O6/c1-12(33)35-20-21(36-13(2)34)25(38-24(20)32-11-31-19-22(27)29-10-30-23(19)32)7-17(8-25)37-16-4-3-14-5-15(26)9-28-18(14)6-16/h3-6,9-11,17,20-21,24H,7-8H2,1-2H3/t17?,20-,21+,24-,25?/m1/s1. The van der Waals surface area contributed by atoms with Crippen LogP contribution in [0.5, 0.6) is 5.75 Å². The van der Waals surface area contributed by atoms with Crippen molar-refractivity contribution in [2.45, 2.75) is 56.8 Å². The van der Waals surface area contributed by atoms with Crippen LogP contribution < -0.4 is 4.74 Å². The van der Waals surface area contributed by atoms with Crippen molar-refractivity contribution >= 4 is 61.5 Å². The van der Waals surface area contributed by atoms with Crippen LogP contribution in [0.3, 0.4) is 0 Å². The van der Waals surface area contributed by atoms with Crippen LogP contribution in [0.4, 0.5) is 0 Å². The van der Waals surface area contributed by atoms with Crippen LogP contribution in [-0.4, -0.2) is 60.4 Å². The molecule has 0 amide bonds. The molecule has 0 N–H and O–H groups in total. The van der Waals surface area contributed by atoms with Crippen molar-refractivity contribution in [2.75, 3.05) is 0 Å².